The van der Waals surface area contributed by atoms with Crippen molar-refractivity contribution in [3.63, 3.8) is 0 Å². The van der Waals surface area contributed by atoms with Gasteiger partial charge in [0.25, 0.3) is 0 Å². The molecule has 6 nitrogen and oxygen atoms in total. The average molecular weight is 269 g/mol. The van der Waals surface area contributed by atoms with Crippen LogP contribution in [-0.4, -0.2) is 32.8 Å². The molecule has 0 radical (unpaired) electrons. The van der Waals surface area contributed by atoms with Crippen LogP contribution in [0.4, 0.5) is 0 Å². The highest BCUT2D eigenvalue weighted by molar-refractivity contribution is 7.89. The Balaban J connectivity index is 2.49. The number of ketones is 1. The first-order chi connectivity index (χ1) is 8.47. The van der Waals surface area contributed by atoms with Crippen molar-refractivity contribution in [2.24, 2.45) is 0 Å². The minimum absolute atomic E-state index is 0.00861. The van der Waals surface area contributed by atoms with Crippen LogP contribution in [0.25, 0.3) is 0 Å². The summed E-state index contributed by atoms with van der Waals surface area (Å²) in [6.07, 6.45) is 0. The molecule has 1 aromatic carbocycles. The predicted molar refractivity (Wildman–Crippen MR) is 61.5 cm³/mol. The molecule has 0 aliphatic carbocycles. The second kappa shape index (κ2) is 4.51. The van der Waals surface area contributed by atoms with Crippen molar-refractivity contribution in [2.45, 2.75) is 17.9 Å². The second-order valence-electron chi connectivity index (χ2n) is 3.67. The van der Waals surface area contributed by atoms with E-state index in [2.05, 4.69) is 4.74 Å². The van der Waals surface area contributed by atoms with Gasteiger partial charge in [-0.1, -0.05) is 12.1 Å². The molecule has 1 unspecified atom stereocenters. The van der Waals surface area contributed by atoms with Crippen LogP contribution in [0.15, 0.2) is 29.2 Å². The topological polar surface area (TPSA) is 89.5 Å². The first-order valence-electron chi connectivity index (χ1n) is 5.29. The number of nitrogens with one attached hydrogen (secondary N) is 1. The highest BCUT2D eigenvalue weighted by Gasteiger charge is 2.40. The summed E-state index contributed by atoms with van der Waals surface area (Å²) in [4.78, 5) is 23.4. The number of esters is 1. The third-order valence-corrected chi connectivity index (χ3v) is 3.98. The Morgan fingerprint density at radius 2 is 2.06 bits per heavy atom. The molecule has 1 aliphatic heterocycles. The zero-order valence-corrected chi connectivity index (χ0v) is 10.4. The molecule has 0 fully saturated rings. The lowest BCUT2D eigenvalue weighted by Crippen LogP contribution is -2.51. The van der Waals surface area contributed by atoms with E-state index in [1.165, 1.54) is 18.2 Å². The lowest BCUT2D eigenvalue weighted by molar-refractivity contribution is -0.143. The molecule has 0 amide bonds. The number of hydrogen-bond donors (Lipinski definition) is 1. The lowest BCUT2D eigenvalue weighted by atomic mass is 10.0. The third-order valence-electron chi connectivity index (χ3n) is 2.50. The fourth-order valence-corrected chi connectivity index (χ4v) is 3.07. The largest absolute Gasteiger partial charge is 0.464 e. The van der Waals surface area contributed by atoms with Gasteiger partial charge in [-0.05, 0) is 19.1 Å². The molecule has 0 saturated carbocycles. The average Bonchev–Trinajstić information content (AvgIpc) is 2.34. The van der Waals surface area contributed by atoms with Gasteiger partial charge < -0.3 is 4.74 Å². The van der Waals surface area contributed by atoms with Gasteiger partial charge in [-0.3, -0.25) is 4.79 Å². The predicted octanol–water partition coefficient (Wildman–Crippen LogP) is 0.0929. The van der Waals surface area contributed by atoms with E-state index in [1.807, 2.05) is 4.72 Å². The van der Waals surface area contributed by atoms with Crippen molar-refractivity contribution in [1.29, 1.82) is 0 Å². The van der Waals surface area contributed by atoms with E-state index in [4.69, 9.17) is 0 Å². The van der Waals surface area contributed by atoms with Crippen LogP contribution in [0.1, 0.15) is 17.3 Å². The summed E-state index contributed by atoms with van der Waals surface area (Å²) in [5, 5.41) is 0. The SMILES string of the molecule is CCOC(=O)C1NS(=O)(=O)c2ccccc2C1=O. The van der Waals surface area contributed by atoms with Crippen molar-refractivity contribution in [1.82, 2.24) is 4.72 Å². The van der Waals surface area contributed by atoms with Gasteiger partial charge in [0.05, 0.1) is 11.5 Å². The van der Waals surface area contributed by atoms with E-state index in [0.717, 1.165) is 0 Å². The van der Waals surface area contributed by atoms with Crippen LogP contribution in [0.2, 0.25) is 0 Å². The van der Waals surface area contributed by atoms with E-state index in [1.54, 1.807) is 13.0 Å². The van der Waals surface area contributed by atoms with Gasteiger partial charge in [0.1, 0.15) is 0 Å². The molecule has 0 bridgehead atoms. The zero-order chi connectivity index (χ0) is 13.3. The molecule has 2 rings (SSSR count). The van der Waals surface area contributed by atoms with Crippen LogP contribution >= 0.6 is 0 Å². The number of carbonyl (C=O) groups excluding carboxylic acids is 2. The number of Topliss-reactive ketones (excluding diaryl/α,β-unsaturated/α-hetero) is 1. The molecule has 0 saturated heterocycles. The minimum atomic E-state index is -3.86. The van der Waals surface area contributed by atoms with Crippen LogP contribution < -0.4 is 4.72 Å². The van der Waals surface area contributed by atoms with Gasteiger partial charge >= 0.3 is 5.97 Å². The van der Waals surface area contributed by atoms with E-state index in [-0.39, 0.29) is 17.1 Å². The molecule has 96 valence electrons. The van der Waals surface area contributed by atoms with Gasteiger partial charge in [-0.2, -0.15) is 4.72 Å². The normalized spacial score (nSPS) is 21.2. The highest BCUT2D eigenvalue weighted by atomic mass is 32.2. The zero-order valence-electron chi connectivity index (χ0n) is 9.54. The molecule has 1 N–H and O–H groups in total. The van der Waals surface area contributed by atoms with Crippen molar-refractivity contribution in [2.75, 3.05) is 6.61 Å². The van der Waals surface area contributed by atoms with E-state index >= 15 is 0 Å². The standard InChI is InChI=1S/C11H11NO5S/c1-2-17-11(14)9-10(13)7-5-3-4-6-8(7)18(15,16)12-9/h3-6,9,12H,2H2,1H3. The Labute approximate surface area is 104 Å². The van der Waals surface area contributed by atoms with Gasteiger partial charge in [0, 0.05) is 5.56 Å². The van der Waals surface area contributed by atoms with Gasteiger partial charge in [-0.25, -0.2) is 13.2 Å². The number of carbonyl (C=O) groups is 2. The molecular formula is C11H11NO5S. The summed E-state index contributed by atoms with van der Waals surface area (Å²) in [5.74, 6) is -1.49. The van der Waals surface area contributed by atoms with Crippen molar-refractivity contribution < 1.29 is 22.7 Å². The maximum Gasteiger partial charge on any atom is 0.332 e. The molecule has 7 heteroatoms. The quantitative estimate of drug-likeness (QED) is 0.607. The van der Waals surface area contributed by atoms with Crippen LogP contribution in [0, 0.1) is 0 Å². The molecule has 1 aromatic rings. The molecule has 1 atom stereocenters. The Morgan fingerprint density at radius 1 is 1.39 bits per heavy atom. The first kappa shape index (κ1) is 12.7. The first-order valence-corrected chi connectivity index (χ1v) is 6.78. The van der Waals surface area contributed by atoms with Gasteiger partial charge in [-0.15, -0.1) is 0 Å². The summed E-state index contributed by atoms with van der Waals surface area (Å²) >= 11 is 0. The molecule has 0 spiro atoms. The molecule has 1 heterocycles. The van der Waals surface area contributed by atoms with Crippen molar-refractivity contribution >= 4 is 21.8 Å². The Hall–Kier alpha value is -1.73. The molecule has 1 aliphatic rings. The maximum atomic E-state index is 12.0. The van der Waals surface area contributed by atoms with Gasteiger partial charge in [0.15, 0.2) is 11.8 Å². The van der Waals surface area contributed by atoms with E-state index in [0.29, 0.717) is 0 Å². The number of sulfonamides is 1. The van der Waals surface area contributed by atoms with E-state index < -0.39 is 27.8 Å². The molecule has 18 heavy (non-hydrogen) atoms. The lowest BCUT2D eigenvalue weighted by Gasteiger charge is -2.22. The fourth-order valence-electron chi connectivity index (χ4n) is 1.71. The van der Waals surface area contributed by atoms with Crippen LogP contribution in [-0.2, 0) is 19.6 Å². The summed E-state index contributed by atoms with van der Waals surface area (Å²) in [6, 6.07) is 4.25. The Morgan fingerprint density at radius 3 is 2.72 bits per heavy atom. The molecular weight excluding hydrogens is 258 g/mol. The number of benzene rings is 1. The Bertz CT molecular complexity index is 608. The summed E-state index contributed by atoms with van der Waals surface area (Å²) in [7, 11) is -3.86. The number of ether oxygens (including phenoxy) is 1. The van der Waals surface area contributed by atoms with Crippen LogP contribution in [0.3, 0.4) is 0 Å². The molecule has 0 aromatic heterocycles. The third kappa shape index (κ3) is 2.02. The van der Waals surface area contributed by atoms with Crippen molar-refractivity contribution in [3.05, 3.63) is 29.8 Å². The summed E-state index contributed by atoms with van der Waals surface area (Å²) < 4.78 is 30.4. The number of rotatable bonds is 2. The van der Waals surface area contributed by atoms with Crippen LogP contribution in [0.5, 0.6) is 0 Å². The maximum absolute atomic E-state index is 12.0. The minimum Gasteiger partial charge on any atom is -0.464 e. The Kier molecular flexibility index (Phi) is 3.18. The second-order valence-corrected chi connectivity index (χ2v) is 5.35. The highest BCUT2D eigenvalue weighted by Crippen LogP contribution is 2.22. The van der Waals surface area contributed by atoms with E-state index in [9.17, 15) is 18.0 Å². The summed E-state index contributed by atoms with van der Waals surface area (Å²) in [6.45, 7) is 1.65. The fraction of sp³-hybridized carbons (Fsp3) is 0.273. The number of fused-ring (bicyclic) bond motifs is 1. The van der Waals surface area contributed by atoms with Gasteiger partial charge in [0.2, 0.25) is 10.0 Å². The monoisotopic (exact) mass is 269 g/mol. The summed E-state index contributed by atoms with van der Waals surface area (Å²) in [5.41, 5.74) is 0.00861. The smallest absolute Gasteiger partial charge is 0.332 e. The number of hydrogen-bond acceptors (Lipinski definition) is 5. The van der Waals surface area contributed by atoms with Crippen molar-refractivity contribution in [3.8, 4) is 0 Å².